The Morgan fingerprint density at radius 1 is 1.10 bits per heavy atom. The maximum Gasteiger partial charge on any atom is 0.126 e. The monoisotopic (exact) mass is 291 g/mol. The number of aryl methyl sites for hydroxylation is 1. The Morgan fingerprint density at radius 2 is 1.81 bits per heavy atom. The highest BCUT2D eigenvalue weighted by molar-refractivity contribution is 5.27. The van der Waals surface area contributed by atoms with E-state index in [0.717, 1.165) is 17.4 Å². The SMILES string of the molecule is CNC(CCOc1cccc(C)c1)c1cc(F)cc(F)c1. The predicted octanol–water partition coefficient (Wildman–Crippen LogP) is 4.00. The molecule has 0 amide bonds. The van der Waals surface area contributed by atoms with Crippen molar-refractivity contribution in [1.29, 1.82) is 0 Å². The molecule has 4 heteroatoms. The molecule has 0 heterocycles. The summed E-state index contributed by atoms with van der Waals surface area (Å²) in [6.45, 7) is 2.46. The molecule has 0 spiro atoms. The first kappa shape index (κ1) is 15.4. The van der Waals surface area contributed by atoms with Crippen LogP contribution in [0.4, 0.5) is 8.78 Å². The maximum atomic E-state index is 13.3. The Bertz CT molecular complexity index is 581. The zero-order valence-corrected chi connectivity index (χ0v) is 12.2. The van der Waals surface area contributed by atoms with E-state index in [1.54, 1.807) is 7.05 Å². The summed E-state index contributed by atoms with van der Waals surface area (Å²) in [7, 11) is 1.76. The summed E-state index contributed by atoms with van der Waals surface area (Å²) in [4.78, 5) is 0. The van der Waals surface area contributed by atoms with Crippen LogP contribution >= 0.6 is 0 Å². The van der Waals surface area contributed by atoms with Crippen molar-refractivity contribution >= 4 is 0 Å². The van der Waals surface area contributed by atoms with Crippen LogP contribution in [-0.2, 0) is 0 Å². The minimum atomic E-state index is -0.565. The van der Waals surface area contributed by atoms with E-state index < -0.39 is 11.6 Å². The molecule has 0 fully saturated rings. The minimum absolute atomic E-state index is 0.153. The first-order valence-electron chi connectivity index (χ1n) is 6.91. The normalized spacial score (nSPS) is 12.2. The Morgan fingerprint density at radius 3 is 2.43 bits per heavy atom. The number of rotatable bonds is 6. The van der Waals surface area contributed by atoms with Gasteiger partial charge in [-0.25, -0.2) is 8.78 Å². The van der Waals surface area contributed by atoms with E-state index >= 15 is 0 Å². The Hall–Kier alpha value is -1.94. The van der Waals surface area contributed by atoms with E-state index in [2.05, 4.69) is 5.32 Å². The number of hydrogen-bond donors (Lipinski definition) is 1. The van der Waals surface area contributed by atoms with Crippen molar-refractivity contribution in [3.05, 3.63) is 65.2 Å². The van der Waals surface area contributed by atoms with Crippen LogP contribution in [0.5, 0.6) is 5.75 Å². The van der Waals surface area contributed by atoms with Gasteiger partial charge in [0, 0.05) is 18.5 Å². The fourth-order valence-electron chi connectivity index (χ4n) is 2.25. The lowest BCUT2D eigenvalue weighted by Crippen LogP contribution is -2.19. The van der Waals surface area contributed by atoms with E-state index in [-0.39, 0.29) is 6.04 Å². The van der Waals surface area contributed by atoms with E-state index in [1.807, 2.05) is 31.2 Å². The number of nitrogens with one attached hydrogen (secondary N) is 1. The van der Waals surface area contributed by atoms with Gasteiger partial charge in [-0.05, 0) is 49.4 Å². The van der Waals surface area contributed by atoms with Gasteiger partial charge in [0.25, 0.3) is 0 Å². The molecule has 1 N–H and O–H groups in total. The predicted molar refractivity (Wildman–Crippen MR) is 79.4 cm³/mol. The van der Waals surface area contributed by atoms with E-state index in [1.165, 1.54) is 12.1 Å². The lowest BCUT2D eigenvalue weighted by molar-refractivity contribution is 0.289. The molecule has 0 saturated carbocycles. The second-order valence-corrected chi connectivity index (χ2v) is 5.00. The maximum absolute atomic E-state index is 13.3. The number of halogens is 2. The quantitative estimate of drug-likeness (QED) is 0.868. The van der Waals surface area contributed by atoms with Gasteiger partial charge in [0.05, 0.1) is 6.61 Å². The summed E-state index contributed by atoms with van der Waals surface area (Å²) >= 11 is 0. The van der Waals surface area contributed by atoms with Crippen molar-refractivity contribution in [3.63, 3.8) is 0 Å². The number of hydrogen-bond acceptors (Lipinski definition) is 2. The molecule has 0 aromatic heterocycles. The summed E-state index contributed by atoms with van der Waals surface area (Å²) in [5.74, 6) is -0.329. The van der Waals surface area contributed by atoms with Gasteiger partial charge in [0.2, 0.25) is 0 Å². The second kappa shape index (κ2) is 7.18. The zero-order chi connectivity index (χ0) is 15.2. The summed E-state index contributed by atoms with van der Waals surface area (Å²) in [5, 5.41) is 3.06. The third-order valence-electron chi connectivity index (χ3n) is 3.30. The fraction of sp³-hybridized carbons (Fsp3) is 0.294. The second-order valence-electron chi connectivity index (χ2n) is 5.00. The zero-order valence-electron chi connectivity index (χ0n) is 12.2. The summed E-state index contributed by atoms with van der Waals surface area (Å²) in [6, 6.07) is 11.2. The summed E-state index contributed by atoms with van der Waals surface area (Å²) in [6.07, 6.45) is 0.618. The van der Waals surface area contributed by atoms with Crippen LogP contribution in [0.25, 0.3) is 0 Å². The molecule has 0 aliphatic heterocycles. The molecule has 0 saturated heterocycles. The van der Waals surface area contributed by atoms with E-state index in [9.17, 15) is 8.78 Å². The average molecular weight is 291 g/mol. The summed E-state index contributed by atoms with van der Waals surface area (Å²) in [5.41, 5.74) is 1.72. The molecule has 0 aliphatic rings. The van der Waals surface area contributed by atoms with Crippen molar-refractivity contribution in [1.82, 2.24) is 5.32 Å². The first-order valence-corrected chi connectivity index (χ1v) is 6.91. The molecule has 0 radical (unpaired) electrons. The smallest absolute Gasteiger partial charge is 0.126 e. The molecule has 2 nitrogen and oxygen atoms in total. The third kappa shape index (κ3) is 4.53. The summed E-state index contributed by atoms with van der Waals surface area (Å²) < 4.78 is 32.2. The van der Waals surface area contributed by atoms with E-state index in [4.69, 9.17) is 4.74 Å². The molecule has 2 rings (SSSR count). The van der Waals surface area contributed by atoms with Gasteiger partial charge < -0.3 is 10.1 Å². The van der Waals surface area contributed by atoms with Crippen LogP contribution in [0.15, 0.2) is 42.5 Å². The standard InChI is InChI=1S/C17H19F2NO/c1-12-4-3-5-16(8-12)21-7-6-17(20-2)13-9-14(18)11-15(19)10-13/h3-5,8-11,17,20H,6-7H2,1-2H3. The molecule has 0 aliphatic carbocycles. The number of ether oxygens (including phenoxy) is 1. The Kier molecular flexibility index (Phi) is 5.28. The third-order valence-corrected chi connectivity index (χ3v) is 3.30. The van der Waals surface area contributed by atoms with Crippen molar-refractivity contribution < 1.29 is 13.5 Å². The average Bonchev–Trinajstić information content (AvgIpc) is 2.42. The van der Waals surface area contributed by atoms with Crippen LogP contribution in [0.1, 0.15) is 23.6 Å². The fourth-order valence-corrected chi connectivity index (χ4v) is 2.25. The van der Waals surface area contributed by atoms with Crippen molar-refractivity contribution in [2.24, 2.45) is 0 Å². The molecular weight excluding hydrogens is 272 g/mol. The molecule has 2 aromatic rings. The van der Waals surface area contributed by atoms with Gasteiger partial charge in [-0.3, -0.25) is 0 Å². The van der Waals surface area contributed by atoms with Gasteiger partial charge in [-0.1, -0.05) is 12.1 Å². The van der Waals surface area contributed by atoms with Gasteiger partial charge in [-0.2, -0.15) is 0 Å². The van der Waals surface area contributed by atoms with Gasteiger partial charge in [0.1, 0.15) is 17.4 Å². The molecule has 2 aromatic carbocycles. The molecular formula is C17H19F2NO. The van der Waals surface area contributed by atoms with Crippen molar-refractivity contribution in [3.8, 4) is 5.75 Å². The van der Waals surface area contributed by atoms with Crippen LogP contribution in [0.2, 0.25) is 0 Å². The largest absolute Gasteiger partial charge is 0.494 e. The van der Waals surface area contributed by atoms with Crippen molar-refractivity contribution in [2.75, 3.05) is 13.7 Å². The molecule has 1 atom stereocenters. The molecule has 21 heavy (non-hydrogen) atoms. The highest BCUT2D eigenvalue weighted by Gasteiger charge is 2.12. The van der Waals surface area contributed by atoms with Crippen LogP contribution in [-0.4, -0.2) is 13.7 Å². The van der Waals surface area contributed by atoms with Crippen molar-refractivity contribution in [2.45, 2.75) is 19.4 Å². The molecule has 1 unspecified atom stereocenters. The molecule has 0 bridgehead atoms. The topological polar surface area (TPSA) is 21.3 Å². The van der Waals surface area contributed by atoms with Crippen LogP contribution in [0.3, 0.4) is 0 Å². The van der Waals surface area contributed by atoms with E-state index in [0.29, 0.717) is 18.6 Å². The highest BCUT2D eigenvalue weighted by Crippen LogP contribution is 2.20. The van der Waals surface area contributed by atoms with Crippen LogP contribution in [0, 0.1) is 18.6 Å². The molecule has 112 valence electrons. The van der Waals surface area contributed by atoms with Gasteiger partial charge in [0.15, 0.2) is 0 Å². The van der Waals surface area contributed by atoms with Crippen LogP contribution < -0.4 is 10.1 Å². The lowest BCUT2D eigenvalue weighted by Gasteiger charge is -2.17. The Balaban J connectivity index is 1.96. The van der Waals surface area contributed by atoms with Gasteiger partial charge >= 0.3 is 0 Å². The minimum Gasteiger partial charge on any atom is -0.494 e. The Labute approximate surface area is 123 Å². The number of benzene rings is 2. The first-order chi connectivity index (χ1) is 10.1. The lowest BCUT2D eigenvalue weighted by atomic mass is 10.0. The van der Waals surface area contributed by atoms with Gasteiger partial charge in [-0.15, -0.1) is 0 Å². The highest BCUT2D eigenvalue weighted by atomic mass is 19.1.